The molecule has 2 rings (SSSR count). The molecule has 20 heavy (non-hydrogen) atoms. The predicted molar refractivity (Wildman–Crippen MR) is 77.7 cm³/mol. The molecule has 0 saturated heterocycles. The summed E-state index contributed by atoms with van der Waals surface area (Å²) in [6.07, 6.45) is 4.10. The van der Waals surface area contributed by atoms with Gasteiger partial charge in [0.05, 0.1) is 11.3 Å². The van der Waals surface area contributed by atoms with Crippen molar-refractivity contribution in [2.75, 3.05) is 17.2 Å². The molecule has 2 N–H and O–H groups in total. The monoisotopic (exact) mass is 271 g/mol. The van der Waals surface area contributed by atoms with Crippen molar-refractivity contribution in [1.29, 1.82) is 0 Å². The molecule has 2 aromatic rings. The molecule has 0 unspecified atom stereocenters. The fourth-order valence-corrected chi connectivity index (χ4v) is 1.70. The third kappa shape index (κ3) is 3.50. The Kier molecular flexibility index (Phi) is 4.60. The average Bonchev–Trinajstić information content (AvgIpc) is 2.46. The minimum atomic E-state index is -0.253. The molecule has 0 saturated carbocycles. The van der Waals surface area contributed by atoms with Gasteiger partial charge < -0.3 is 10.6 Å². The van der Waals surface area contributed by atoms with Crippen LogP contribution in [0.2, 0.25) is 0 Å². The zero-order valence-electron chi connectivity index (χ0n) is 11.6. The van der Waals surface area contributed by atoms with E-state index in [1.165, 1.54) is 0 Å². The first-order valence-corrected chi connectivity index (χ1v) is 6.50. The van der Waals surface area contributed by atoms with Crippen molar-refractivity contribution >= 4 is 17.4 Å². The number of carbonyl (C=O) groups excluding carboxylic acids is 1. The quantitative estimate of drug-likeness (QED) is 0.872. The van der Waals surface area contributed by atoms with E-state index in [1.807, 2.05) is 13.0 Å². The Labute approximate surface area is 117 Å². The summed E-state index contributed by atoms with van der Waals surface area (Å²) in [4.78, 5) is 16.4. The summed E-state index contributed by atoms with van der Waals surface area (Å²) >= 11 is 0. The zero-order valence-corrected chi connectivity index (χ0v) is 11.6. The van der Waals surface area contributed by atoms with Gasteiger partial charge in [0.2, 0.25) is 0 Å². The van der Waals surface area contributed by atoms with Crippen LogP contribution in [0.15, 0.2) is 30.6 Å². The molecule has 0 aliphatic carbocycles. The molecular weight excluding hydrogens is 254 g/mol. The predicted octanol–water partition coefficient (Wildman–Crippen LogP) is 2.25. The SMILES string of the molecule is CCCNc1cc(C)ncc1C(=O)Nc1cccnn1. The topological polar surface area (TPSA) is 79.8 Å². The normalized spacial score (nSPS) is 10.1. The van der Waals surface area contributed by atoms with Crippen molar-refractivity contribution in [3.05, 3.63) is 41.9 Å². The average molecular weight is 271 g/mol. The number of nitrogens with zero attached hydrogens (tertiary/aromatic N) is 3. The molecule has 0 radical (unpaired) electrons. The highest BCUT2D eigenvalue weighted by atomic mass is 16.1. The van der Waals surface area contributed by atoms with Gasteiger partial charge in [0, 0.05) is 24.6 Å². The number of hydrogen-bond donors (Lipinski definition) is 2. The van der Waals surface area contributed by atoms with Crippen LogP contribution in [-0.4, -0.2) is 27.6 Å². The summed E-state index contributed by atoms with van der Waals surface area (Å²) in [6.45, 7) is 4.76. The molecule has 1 amide bonds. The summed E-state index contributed by atoms with van der Waals surface area (Å²) in [5.41, 5.74) is 2.13. The van der Waals surface area contributed by atoms with E-state index < -0.39 is 0 Å². The van der Waals surface area contributed by atoms with Crippen LogP contribution in [0.4, 0.5) is 11.5 Å². The molecule has 0 bridgehead atoms. The molecule has 0 aliphatic heterocycles. The van der Waals surface area contributed by atoms with Gasteiger partial charge >= 0.3 is 0 Å². The zero-order chi connectivity index (χ0) is 14.4. The van der Waals surface area contributed by atoms with Crippen LogP contribution < -0.4 is 10.6 Å². The Morgan fingerprint density at radius 2 is 2.25 bits per heavy atom. The smallest absolute Gasteiger partial charge is 0.260 e. The lowest BCUT2D eigenvalue weighted by Gasteiger charge is -2.11. The second-order valence-corrected chi connectivity index (χ2v) is 4.36. The van der Waals surface area contributed by atoms with E-state index in [1.54, 1.807) is 24.5 Å². The molecule has 6 heteroatoms. The number of carbonyl (C=O) groups is 1. The minimum absolute atomic E-state index is 0.253. The van der Waals surface area contributed by atoms with Crippen LogP contribution in [0.25, 0.3) is 0 Å². The van der Waals surface area contributed by atoms with Gasteiger partial charge in [0.15, 0.2) is 5.82 Å². The number of nitrogens with one attached hydrogen (secondary N) is 2. The number of pyridine rings is 1. The molecule has 6 nitrogen and oxygen atoms in total. The van der Waals surface area contributed by atoms with Crippen molar-refractivity contribution in [2.45, 2.75) is 20.3 Å². The van der Waals surface area contributed by atoms with Gasteiger partial charge in [-0.2, -0.15) is 5.10 Å². The van der Waals surface area contributed by atoms with E-state index in [0.29, 0.717) is 11.4 Å². The van der Waals surface area contributed by atoms with Gasteiger partial charge in [-0.15, -0.1) is 5.10 Å². The molecule has 104 valence electrons. The highest BCUT2D eigenvalue weighted by molar-refractivity contribution is 6.07. The summed E-state index contributed by atoms with van der Waals surface area (Å²) in [5, 5.41) is 13.5. The Balaban J connectivity index is 2.20. The Bertz CT molecular complexity index is 585. The van der Waals surface area contributed by atoms with E-state index in [-0.39, 0.29) is 5.91 Å². The van der Waals surface area contributed by atoms with Gasteiger partial charge in [-0.05, 0) is 31.5 Å². The van der Waals surface area contributed by atoms with Crippen LogP contribution >= 0.6 is 0 Å². The lowest BCUT2D eigenvalue weighted by atomic mass is 10.2. The van der Waals surface area contributed by atoms with Crippen molar-refractivity contribution in [1.82, 2.24) is 15.2 Å². The first-order valence-electron chi connectivity index (χ1n) is 6.50. The van der Waals surface area contributed by atoms with Gasteiger partial charge in [0.25, 0.3) is 5.91 Å². The highest BCUT2D eigenvalue weighted by Crippen LogP contribution is 2.17. The Hall–Kier alpha value is -2.50. The first kappa shape index (κ1) is 13.9. The third-order valence-corrected chi connectivity index (χ3v) is 2.66. The Morgan fingerprint density at radius 1 is 1.40 bits per heavy atom. The van der Waals surface area contributed by atoms with Crippen LogP contribution in [0, 0.1) is 6.92 Å². The van der Waals surface area contributed by atoms with Crippen LogP contribution in [0.3, 0.4) is 0 Å². The Morgan fingerprint density at radius 3 is 2.95 bits per heavy atom. The van der Waals surface area contributed by atoms with Crippen LogP contribution in [-0.2, 0) is 0 Å². The number of anilines is 2. The standard InChI is InChI=1S/C14H17N5O/c1-3-6-15-12-8-10(2)16-9-11(12)14(20)18-13-5-4-7-17-19-13/h4-5,7-9H,3,6H2,1-2H3,(H,15,16)(H,18,19,20). The third-order valence-electron chi connectivity index (χ3n) is 2.66. The molecule has 0 atom stereocenters. The molecular formula is C14H17N5O. The second kappa shape index (κ2) is 6.60. The number of aryl methyl sites for hydroxylation is 1. The molecule has 0 spiro atoms. The van der Waals surface area contributed by atoms with Crippen molar-refractivity contribution in [3.63, 3.8) is 0 Å². The summed E-state index contributed by atoms with van der Waals surface area (Å²) in [7, 11) is 0. The van der Waals surface area contributed by atoms with E-state index in [9.17, 15) is 4.79 Å². The maximum atomic E-state index is 12.3. The van der Waals surface area contributed by atoms with E-state index in [4.69, 9.17) is 0 Å². The highest BCUT2D eigenvalue weighted by Gasteiger charge is 2.13. The van der Waals surface area contributed by atoms with Crippen molar-refractivity contribution in [3.8, 4) is 0 Å². The number of aromatic nitrogens is 3. The molecule has 2 aromatic heterocycles. The fourth-order valence-electron chi connectivity index (χ4n) is 1.70. The van der Waals surface area contributed by atoms with Crippen LogP contribution in [0.1, 0.15) is 29.4 Å². The van der Waals surface area contributed by atoms with Gasteiger partial charge in [-0.1, -0.05) is 6.92 Å². The van der Waals surface area contributed by atoms with Gasteiger partial charge in [0.1, 0.15) is 0 Å². The first-order chi connectivity index (χ1) is 9.70. The lowest BCUT2D eigenvalue weighted by Crippen LogP contribution is -2.16. The summed E-state index contributed by atoms with van der Waals surface area (Å²) < 4.78 is 0. The fraction of sp³-hybridized carbons (Fsp3) is 0.286. The minimum Gasteiger partial charge on any atom is -0.384 e. The largest absolute Gasteiger partial charge is 0.384 e. The summed E-state index contributed by atoms with van der Waals surface area (Å²) in [6, 6.07) is 5.26. The summed E-state index contributed by atoms with van der Waals surface area (Å²) in [5.74, 6) is 0.163. The molecule has 0 aliphatic rings. The maximum absolute atomic E-state index is 12.3. The van der Waals surface area contributed by atoms with E-state index in [2.05, 4.69) is 32.7 Å². The number of amides is 1. The second-order valence-electron chi connectivity index (χ2n) is 4.36. The van der Waals surface area contributed by atoms with Crippen molar-refractivity contribution in [2.24, 2.45) is 0 Å². The number of rotatable bonds is 5. The van der Waals surface area contributed by atoms with E-state index in [0.717, 1.165) is 24.3 Å². The maximum Gasteiger partial charge on any atom is 0.260 e. The van der Waals surface area contributed by atoms with E-state index >= 15 is 0 Å². The molecule has 0 fully saturated rings. The van der Waals surface area contributed by atoms with Gasteiger partial charge in [-0.3, -0.25) is 9.78 Å². The van der Waals surface area contributed by atoms with Crippen molar-refractivity contribution < 1.29 is 4.79 Å². The van der Waals surface area contributed by atoms with Gasteiger partial charge in [-0.25, -0.2) is 0 Å². The molecule has 0 aromatic carbocycles. The lowest BCUT2D eigenvalue weighted by molar-refractivity contribution is 0.102. The molecule has 2 heterocycles. The van der Waals surface area contributed by atoms with Crippen LogP contribution in [0.5, 0.6) is 0 Å². The number of hydrogen-bond acceptors (Lipinski definition) is 5.